The second-order valence-corrected chi connectivity index (χ2v) is 6.79. The Hall–Kier alpha value is -3.43. The van der Waals surface area contributed by atoms with E-state index < -0.39 is 10.9 Å². The van der Waals surface area contributed by atoms with Crippen LogP contribution in [-0.2, 0) is 4.74 Å². The smallest absolute Gasteiger partial charge is 0.354 e. The minimum atomic E-state index is -0.605. The zero-order valence-corrected chi connectivity index (χ0v) is 17.3. The Morgan fingerprint density at radius 3 is 2.57 bits per heavy atom. The highest BCUT2D eigenvalue weighted by Crippen LogP contribution is 2.37. The summed E-state index contributed by atoms with van der Waals surface area (Å²) in [5.74, 6) is -0.650. The number of hydrogen-bond donors (Lipinski definition) is 1. The van der Waals surface area contributed by atoms with Crippen molar-refractivity contribution in [3.8, 4) is 0 Å². The van der Waals surface area contributed by atoms with Gasteiger partial charge in [-0.1, -0.05) is 35.3 Å². The van der Waals surface area contributed by atoms with Crippen molar-refractivity contribution in [2.45, 2.75) is 0 Å². The number of hydrogen-bond acceptors (Lipinski definition) is 8. The van der Waals surface area contributed by atoms with E-state index in [1.807, 2.05) is 0 Å². The average Bonchev–Trinajstić information content (AvgIpc) is 2.75. The van der Waals surface area contributed by atoms with Gasteiger partial charge in [0.2, 0.25) is 11.6 Å². The van der Waals surface area contributed by atoms with Crippen molar-refractivity contribution in [3.05, 3.63) is 74.5 Å². The third-order valence-electron chi connectivity index (χ3n) is 4.16. The van der Waals surface area contributed by atoms with Crippen molar-refractivity contribution in [1.29, 1.82) is 0 Å². The number of halogens is 2. The summed E-state index contributed by atoms with van der Waals surface area (Å²) in [5, 5.41) is 15.4. The lowest BCUT2D eigenvalue weighted by atomic mass is 10.1. The number of nitrogens with one attached hydrogen (secondary N) is 1. The van der Waals surface area contributed by atoms with Gasteiger partial charge in [0.1, 0.15) is 6.33 Å². The summed E-state index contributed by atoms with van der Waals surface area (Å²) in [5.41, 5.74) is 0.682. The Morgan fingerprint density at radius 2 is 1.90 bits per heavy atom. The monoisotopic (exact) mass is 447 g/mol. The standard InChI is InChI=1S/C19H15Cl2N5O4/c1-25(15-6-4-3-5-12(15)19(27)30-2)18-16(26(28)29)17(22-10-23-18)24-11-7-8-13(20)14(21)9-11/h3-10H,1-2H3,(H,22,23,24). The summed E-state index contributed by atoms with van der Waals surface area (Å²) >= 11 is 11.9. The number of anilines is 4. The van der Waals surface area contributed by atoms with Crippen LogP contribution in [0.25, 0.3) is 0 Å². The molecule has 0 spiro atoms. The van der Waals surface area contributed by atoms with E-state index in [4.69, 9.17) is 27.9 Å². The Bertz CT molecular complexity index is 1130. The molecule has 0 aliphatic heterocycles. The molecule has 0 bridgehead atoms. The van der Waals surface area contributed by atoms with Gasteiger partial charge in [0.05, 0.1) is 33.3 Å². The minimum Gasteiger partial charge on any atom is -0.465 e. The highest BCUT2D eigenvalue weighted by Gasteiger charge is 2.28. The highest BCUT2D eigenvalue weighted by molar-refractivity contribution is 6.42. The number of rotatable bonds is 6. The third kappa shape index (κ3) is 4.27. The number of para-hydroxylation sites is 1. The van der Waals surface area contributed by atoms with Gasteiger partial charge < -0.3 is 15.0 Å². The van der Waals surface area contributed by atoms with Crippen molar-refractivity contribution in [2.24, 2.45) is 0 Å². The van der Waals surface area contributed by atoms with Gasteiger partial charge in [-0.25, -0.2) is 14.8 Å². The first kappa shape index (κ1) is 21.3. The second-order valence-electron chi connectivity index (χ2n) is 5.97. The largest absolute Gasteiger partial charge is 0.465 e. The van der Waals surface area contributed by atoms with Crippen molar-refractivity contribution in [2.75, 3.05) is 24.4 Å². The molecule has 1 heterocycles. The molecule has 30 heavy (non-hydrogen) atoms. The van der Waals surface area contributed by atoms with Crippen LogP contribution in [0.15, 0.2) is 48.8 Å². The van der Waals surface area contributed by atoms with Gasteiger partial charge >= 0.3 is 11.7 Å². The van der Waals surface area contributed by atoms with Gasteiger partial charge in [-0.3, -0.25) is 10.1 Å². The Morgan fingerprint density at radius 1 is 1.17 bits per heavy atom. The van der Waals surface area contributed by atoms with Gasteiger partial charge in [-0.2, -0.15) is 0 Å². The van der Waals surface area contributed by atoms with E-state index in [-0.39, 0.29) is 27.9 Å². The lowest BCUT2D eigenvalue weighted by Gasteiger charge is -2.21. The van der Waals surface area contributed by atoms with E-state index in [1.54, 1.807) is 43.4 Å². The quantitative estimate of drug-likeness (QED) is 0.319. The number of nitro groups is 1. The molecule has 154 valence electrons. The predicted octanol–water partition coefficient (Wildman–Crippen LogP) is 4.99. The van der Waals surface area contributed by atoms with E-state index in [9.17, 15) is 14.9 Å². The summed E-state index contributed by atoms with van der Waals surface area (Å²) in [4.78, 5) is 32.9. The first-order valence-electron chi connectivity index (χ1n) is 8.46. The maximum atomic E-state index is 12.1. The molecule has 0 saturated heterocycles. The zero-order chi connectivity index (χ0) is 21.8. The molecule has 0 saturated carbocycles. The molecule has 11 heteroatoms. The second kappa shape index (κ2) is 8.93. The van der Waals surface area contributed by atoms with E-state index in [2.05, 4.69) is 15.3 Å². The Balaban J connectivity index is 2.08. The first-order chi connectivity index (χ1) is 14.3. The lowest BCUT2D eigenvalue weighted by Crippen LogP contribution is -2.18. The normalized spacial score (nSPS) is 10.4. The predicted molar refractivity (Wildman–Crippen MR) is 114 cm³/mol. The molecule has 0 aliphatic carbocycles. The minimum absolute atomic E-state index is 0.0195. The molecule has 0 aliphatic rings. The van der Waals surface area contributed by atoms with Gasteiger partial charge in [0, 0.05) is 12.7 Å². The molecule has 0 amide bonds. The van der Waals surface area contributed by atoms with Crippen LogP contribution in [0.3, 0.4) is 0 Å². The van der Waals surface area contributed by atoms with E-state index in [0.29, 0.717) is 16.4 Å². The maximum absolute atomic E-state index is 12.1. The van der Waals surface area contributed by atoms with Crippen LogP contribution in [-0.4, -0.2) is 35.0 Å². The molecule has 1 aromatic heterocycles. The van der Waals surface area contributed by atoms with Crippen LogP contribution < -0.4 is 10.2 Å². The molecule has 2 aromatic carbocycles. The summed E-state index contributed by atoms with van der Waals surface area (Å²) in [6, 6.07) is 11.2. The molecule has 3 rings (SSSR count). The topological polar surface area (TPSA) is 110 Å². The fraction of sp³-hybridized carbons (Fsp3) is 0.105. The number of carbonyl (C=O) groups is 1. The van der Waals surface area contributed by atoms with E-state index in [0.717, 1.165) is 0 Å². The summed E-state index contributed by atoms with van der Waals surface area (Å²) in [7, 11) is 2.81. The molecular formula is C19H15Cl2N5O4. The number of nitrogens with zero attached hydrogens (tertiary/aromatic N) is 4. The van der Waals surface area contributed by atoms with Crippen molar-refractivity contribution in [3.63, 3.8) is 0 Å². The average molecular weight is 448 g/mol. The van der Waals surface area contributed by atoms with Gasteiger partial charge in [0.15, 0.2) is 0 Å². The van der Waals surface area contributed by atoms with Crippen LogP contribution in [0.5, 0.6) is 0 Å². The molecule has 9 nitrogen and oxygen atoms in total. The molecule has 1 N–H and O–H groups in total. The van der Waals surface area contributed by atoms with Crippen LogP contribution in [0.4, 0.5) is 28.7 Å². The zero-order valence-electron chi connectivity index (χ0n) is 15.8. The summed E-state index contributed by atoms with van der Waals surface area (Å²) < 4.78 is 4.80. The molecule has 3 aromatic rings. The van der Waals surface area contributed by atoms with Crippen LogP contribution >= 0.6 is 23.2 Å². The molecular weight excluding hydrogens is 433 g/mol. The lowest BCUT2D eigenvalue weighted by molar-refractivity contribution is -0.383. The number of carbonyl (C=O) groups excluding carboxylic acids is 1. The maximum Gasteiger partial charge on any atom is 0.354 e. The molecule has 0 unspecified atom stereocenters. The van der Waals surface area contributed by atoms with Crippen molar-refractivity contribution >= 4 is 57.9 Å². The van der Waals surface area contributed by atoms with E-state index in [1.165, 1.54) is 24.4 Å². The molecule has 0 fully saturated rings. The third-order valence-corrected chi connectivity index (χ3v) is 4.90. The van der Waals surface area contributed by atoms with Crippen LogP contribution in [0, 0.1) is 10.1 Å². The van der Waals surface area contributed by atoms with Crippen molar-refractivity contribution < 1.29 is 14.5 Å². The number of methoxy groups -OCH3 is 1. The first-order valence-corrected chi connectivity index (χ1v) is 9.21. The summed E-state index contributed by atoms with van der Waals surface area (Å²) in [6.45, 7) is 0. The number of ether oxygens (including phenoxy) is 1. The van der Waals surface area contributed by atoms with Gasteiger partial charge in [0.25, 0.3) is 0 Å². The molecule has 0 atom stereocenters. The van der Waals surface area contributed by atoms with Crippen LogP contribution in [0.1, 0.15) is 10.4 Å². The molecule has 0 radical (unpaired) electrons. The SMILES string of the molecule is COC(=O)c1ccccc1N(C)c1ncnc(Nc2ccc(Cl)c(Cl)c2)c1[N+](=O)[O-]. The van der Waals surface area contributed by atoms with Gasteiger partial charge in [-0.05, 0) is 30.3 Å². The van der Waals surface area contributed by atoms with Crippen molar-refractivity contribution in [1.82, 2.24) is 9.97 Å². The number of benzene rings is 2. The highest BCUT2D eigenvalue weighted by atomic mass is 35.5. The fourth-order valence-corrected chi connectivity index (χ4v) is 3.05. The van der Waals surface area contributed by atoms with Gasteiger partial charge in [-0.15, -0.1) is 0 Å². The van der Waals surface area contributed by atoms with Crippen LogP contribution in [0.2, 0.25) is 10.0 Å². The Labute approximate surface area is 181 Å². The number of aromatic nitrogens is 2. The fourth-order valence-electron chi connectivity index (χ4n) is 2.75. The summed E-state index contributed by atoms with van der Waals surface area (Å²) in [6.07, 6.45) is 1.18. The van der Waals surface area contributed by atoms with E-state index >= 15 is 0 Å². The number of esters is 1. The Kier molecular flexibility index (Phi) is 6.34.